The van der Waals surface area contributed by atoms with Crippen molar-refractivity contribution in [3.63, 3.8) is 0 Å². The number of benzene rings is 2. The quantitative estimate of drug-likeness (QED) is 0.465. The third-order valence-electron chi connectivity index (χ3n) is 5.85. The Balaban J connectivity index is 1.26. The first-order chi connectivity index (χ1) is 16.3. The Morgan fingerprint density at radius 1 is 0.971 bits per heavy atom. The molecule has 2 aromatic heterocycles. The number of H-pyrrole nitrogens is 1. The van der Waals surface area contributed by atoms with Crippen molar-refractivity contribution >= 4 is 38.6 Å². The molecule has 1 fully saturated rings. The lowest BCUT2D eigenvalue weighted by atomic mass is 10.1. The van der Waals surface area contributed by atoms with E-state index in [0.29, 0.717) is 34.7 Å². The van der Waals surface area contributed by atoms with E-state index in [4.69, 9.17) is 11.6 Å². The number of nitrogens with zero attached hydrogens (tertiary/aromatic N) is 4. The maximum atomic E-state index is 13.1. The highest BCUT2D eigenvalue weighted by molar-refractivity contribution is 7.89. The fourth-order valence-electron chi connectivity index (χ4n) is 4.00. The number of hydrogen-bond donors (Lipinski definition) is 1. The van der Waals surface area contributed by atoms with Crippen LogP contribution in [0, 0.1) is 6.92 Å². The molecule has 0 atom stereocenters. The Hall–Kier alpha value is -3.27. The fraction of sp³-hybridized carbons (Fsp3) is 0.208. The van der Waals surface area contributed by atoms with Gasteiger partial charge in [0.05, 0.1) is 16.7 Å². The number of hydrogen-bond acceptors (Lipinski definition) is 5. The number of aromatic amines is 1. The molecule has 0 saturated carbocycles. The van der Waals surface area contributed by atoms with E-state index in [1.807, 2.05) is 37.3 Å². The van der Waals surface area contributed by atoms with Gasteiger partial charge in [-0.05, 0) is 49.4 Å². The molecule has 8 nitrogen and oxygen atoms in total. The zero-order valence-corrected chi connectivity index (χ0v) is 20.0. The Bertz CT molecular complexity index is 1480. The van der Waals surface area contributed by atoms with Gasteiger partial charge in [-0.1, -0.05) is 29.8 Å². The van der Waals surface area contributed by atoms with Crippen molar-refractivity contribution in [2.75, 3.05) is 26.2 Å². The molecule has 0 bridgehead atoms. The Labute approximate surface area is 202 Å². The number of rotatable bonds is 4. The van der Waals surface area contributed by atoms with E-state index in [2.05, 4.69) is 15.0 Å². The van der Waals surface area contributed by atoms with Gasteiger partial charge in [0.1, 0.15) is 0 Å². The van der Waals surface area contributed by atoms with Gasteiger partial charge in [-0.25, -0.2) is 13.4 Å². The lowest BCUT2D eigenvalue weighted by Gasteiger charge is -2.33. The van der Waals surface area contributed by atoms with Gasteiger partial charge in [0.25, 0.3) is 15.9 Å². The van der Waals surface area contributed by atoms with E-state index in [-0.39, 0.29) is 24.2 Å². The highest BCUT2D eigenvalue weighted by Crippen LogP contribution is 2.23. The number of carbonyl (C=O) groups excluding carboxylic acids is 1. The molecule has 1 aliphatic rings. The second-order valence-electron chi connectivity index (χ2n) is 8.14. The van der Waals surface area contributed by atoms with Crippen LogP contribution in [0.25, 0.3) is 22.3 Å². The number of fused-ring (bicyclic) bond motifs is 1. The predicted molar refractivity (Wildman–Crippen MR) is 130 cm³/mol. The van der Waals surface area contributed by atoms with E-state index in [1.54, 1.807) is 35.2 Å². The molecule has 2 aromatic carbocycles. The summed E-state index contributed by atoms with van der Waals surface area (Å²) in [6.07, 6.45) is 0. The third-order valence-corrected chi connectivity index (χ3v) is 7.81. The number of imidazole rings is 1. The first kappa shape index (κ1) is 22.5. The largest absolute Gasteiger partial charge is 0.336 e. The third kappa shape index (κ3) is 4.29. The van der Waals surface area contributed by atoms with Gasteiger partial charge in [-0.3, -0.25) is 9.78 Å². The van der Waals surface area contributed by atoms with Gasteiger partial charge in [0.2, 0.25) is 5.16 Å². The molecule has 34 heavy (non-hydrogen) atoms. The summed E-state index contributed by atoms with van der Waals surface area (Å²) in [6, 6.07) is 18.1. The molecule has 1 amide bonds. The molecule has 10 heteroatoms. The number of piperazine rings is 1. The lowest BCUT2D eigenvalue weighted by molar-refractivity contribution is 0.0697. The first-order valence-corrected chi connectivity index (χ1v) is 12.6. The highest BCUT2D eigenvalue weighted by atomic mass is 35.5. The van der Waals surface area contributed by atoms with Crippen LogP contribution in [0.3, 0.4) is 0 Å². The van der Waals surface area contributed by atoms with Crippen LogP contribution >= 0.6 is 11.6 Å². The summed E-state index contributed by atoms with van der Waals surface area (Å²) in [5, 5.41) is 0.364. The molecule has 0 spiro atoms. The molecule has 0 unspecified atom stereocenters. The zero-order valence-electron chi connectivity index (χ0n) is 18.4. The maximum absolute atomic E-state index is 13.1. The van der Waals surface area contributed by atoms with Crippen LogP contribution in [0.4, 0.5) is 0 Å². The van der Waals surface area contributed by atoms with Crippen molar-refractivity contribution in [2.45, 2.75) is 12.1 Å². The van der Waals surface area contributed by atoms with Crippen LogP contribution in [0.2, 0.25) is 5.02 Å². The topological polar surface area (TPSA) is 99.3 Å². The van der Waals surface area contributed by atoms with Gasteiger partial charge in [-0.15, -0.1) is 0 Å². The van der Waals surface area contributed by atoms with Crippen LogP contribution in [-0.2, 0) is 10.0 Å². The standard InChI is InChI=1S/C24H22ClN5O3S/c1-16-3-2-4-20(26-16)17-5-7-18(8-6-17)23(31)29-11-13-30(14-12-29)34(32,33)24-27-21-10-9-19(25)15-22(21)28-24/h2-10,15H,11-14H2,1H3,(H,27,28). The minimum atomic E-state index is -3.81. The smallest absolute Gasteiger partial charge is 0.276 e. The number of sulfonamides is 1. The van der Waals surface area contributed by atoms with Crippen molar-refractivity contribution < 1.29 is 13.2 Å². The summed E-state index contributed by atoms with van der Waals surface area (Å²) in [5.41, 5.74) is 4.36. The van der Waals surface area contributed by atoms with Crippen LogP contribution < -0.4 is 0 Å². The minimum Gasteiger partial charge on any atom is -0.336 e. The molecule has 1 N–H and O–H groups in total. The molecule has 0 aliphatic carbocycles. The number of amides is 1. The van der Waals surface area contributed by atoms with Crippen molar-refractivity contribution in [1.82, 2.24) is 24.2 Å². The normalized spacial score (nSPS) is 15.1. The minimum absolute atomic E-state index is 0.120. The second kappa shape index (κ2) is 8.83. The Morgan fingerprint density at radius 2 is 1.71 bits per heavy atom. The molecular formula is C24H22ClN5O3S. The van der Waals surface area contributed by atoms with Gasteiger partial charge in [-0.2, -0.15) is 4.31 Å². The molecule has 174 valence electrons. The monoisotopic (exact) mass is 495 g/mol. The van der Waals surface area contributed by atoms with Gasteiger partial charge < -0.3 is 9.88 Å². The van der Waals surface area contributed by atoms with Crippen molar-refractivity contribution in [3.05, 3.63) is 76.9 Å². The SMILES string of the molecule is Cc1cccc(-c2ccc(C(=O)N3CCN(S(=O)(=O)c4nc5cc(Cl)ccc5[nH]4)CC3)cc2)n1. The molecule has 0 radical (unpaired) electrons. The summed E-state index contributed by atoms with van der Waals surface area (Å²) in [6.45, 7) is 2.91. The van der Waals surface area contributed by atoms with E-state index >= 15 is 0 Å². The molecule has 1 aliphatic heterocycles. The summed E-state index contributed by atoms with van der Waals surface area (Å²) < 4.78 is 27.5. The highest BCUT2D eigenvalue weighted by Gasteiger charge is 2.32. The van der Waals surface area contributed by atoms with E-state index < -0.39 is 10.0 Å². The molecule has 1 saturated heterocycles. The lowest BCUT2D eigenvalue weighted by Crippen LogP contribution is -2.50. The number of nitrogens with one attached hydrogen (secondary N) is 1. The predicted octanol–water partition coefficient (Wildman–Crippen LogP) is 3.73. The Kier molecular flexibility index (Phi) is 5.85. The first-order valence-electron chi connectivity index (χ1n) is 10.8. The van der Waals surface area contributed by atoms with Crippen LogP contribution in [-0.4, -0.2) is 64.7 Å². The molecular weight excluding hydrogens is 474 g/mol. The average Bonchev–Trinajstić information content (AvgIpc) is 3.28. The number of aryl methyl sites for hydroxylation is 1. The van der Waals surface area contributed by atoms with Crippen molar-refractivity contribution in [2.24, 2.45) is 0 Å². The average molecular weight is 496 g/mol. The zero-order chi connectivity index (χ0) is 23.9. The van der Waals surface area contributed by atoms with E-state index in [1.165, 1.54) is 4.31 Å². The van der Waals surface area contributed by atoms with Gasteiger partial charge in [0.15, 0.2) is 0 Å². The summed E-state index contributed by atoms with van der Waals surface area (Å²) >= 11 is 5.98. The number of aromatic nitrogens is 3. The van der Waals surface area contributed by atoms with Crippen molar-refractivity contribution in [3.8, 4) is 11.3 Å². The van der Waals surface area contributed by atoms with Crippen LogP contribution in [0.1, 0.15) is 16.1 Å². The Morgan fingerprint density at radius 3 is 2.41 bits per heavy atom. The second-order valence-corrected chi connectivity index (χ2v) is 10.4. The number of carbonyl (C=O) groups is 1. The maximum Gasteiger partial charge on any atom is 0.276 e. The summed E-state index contributed by atoms with van der Waals surface area (Å²) in [5.74, 6) is -0.126. The number of halogens is 1. The number of pyridine rings is 1. The van der Waals surface area contributed by atoms with E-state index in [0.717, 1.165) is 17.0 Å². The summed E-state index contributed by atoms with van der Waals surface area (Å²) in [4.78, 5) is 26.2. The van der Waals surface area contributed by atoms with Gasteiger partial charge >= 0.3 is 0 Å². The van der Waals surface area contributed by atoms with Crippen LogP contribution in [0.5, 0.6) is 0 Å². The molecule has 5 rings (SSSR count). The summed E-state index contributed by atoms with van der Waals surface area (Å²) in [7, 11) is -3.81. The fourth-order valence-corrected chi connectivity index (χ4v) is 5.51. The van der Waals surface area contributed by atoms with Crippen LogP contribution in [0.15, 0.2) is 65.8 Å². The van der Waals surface area contributed by atoms with Gasteiger partial charge in [0, 0.05) is 48.0 Å². The molecule has 3 heterocycles. The molecule has 4 aromatic rings. The van der Waals surface area contributed by atoms with Crippen molar-refractivity contribution in [1.29, 1.82) is 0 Å². The van der Waals surface area contributed by atoms with E-state index in [9.17, 15) is 13.2 Å².